The molecule has 10 nitrogen and oxygen atoms in total. The molecule has 28 heavy (non-hydrogen) atoms. The van der Waals surface area contributed by atoms with E-state index in [2.05, 4.69) is 14.8 Å². The van der Waals surface area contributed by atoms with Crippen molar-refractivity contribution in [3.05, 3.63) is 10.4 Å². The van der Waals surface area contributed by atoms with E-state index in [1.54, 1.807) is 6.92 Å². The van der Waals surface area contributed by atoms with Gasteiger partial charge in [0.1, 0.15) is 12.2 Å². The number of nitrogens with zero attached hydrogens (tertiary/aromatic N) is 3. The lowest BCUT2D eigenvalue weighted by Gasteiger charge is -2.46. The molecule has 0 bridgehead atoms. The molecule has 1 rings (SSSR count). The molecule has 1 aliphatic heterocycles. The number of azide groups is 1. The summed E-state index contributed by atoms with van der Waals surface area (Å²) in [6.07, 6.45) is -6.51. The summed E-state index contributed by atoms with van der Waals surface area (Å²) in [5, 5.41) is 3.25. The predicted molar refractivity (Wildman–Crippen MR) is 89.1 cm³/mol. The molecule has 158 valence electrons. The van der Waals surface area contributed by atoms with Crippen LogP contribution >= 0.6 is 0 Å². The van der Waals surface area contributed by atoms with Crippen molar-refractivity contribution in [2.45, 2.75) is 70.5 Å². The lowest BCUT2D eigenvalue weighted by Crippen LogP contribution is -2.64. The minimum Gasteiger partial charge on any atom is -0.465 e. The second kappa shape index (κ2) is 9.65. The fourth-order valence-electron chi connectivity index (χ4n) is 3.08. The predicted octanol–water partition coefficient (Wildman–Crippen LogP) is 2.15. The first-order valence-corrected chi connectivity index (χ1v) is 8.51. The number of ether oxygens (including phenoxy) is 4. The van der Waals surface area contributed by atoms with Gasteiger partial charge < -0.3 is 18.9 Å². The summed E-state index contributed by atoms with van der Waals surface area (Å²) in [7, 11) is 0.826. The molecule has 0 aromatic rings. The third-order valence-corrected chi connectivity index (χ3v) is 4.38. The maximum Gasteiger partial charge on any atom is 0.375 e. The van der Waals surface area contributed by atoms with E-state index >= 15 is 4.39 Å². The molecule has 12 heteroatoms. The highest BCUT2D eigenvalue weighted by molar-refractivity contribution is 5.79. The van der Waals surface area contributed by atoms with Gasteiger partial charge in [-0.2, -0.15) is 4.39 Å². The van der Waals surface area contributed by atoms with E-state index in [9.17, 15) is 18.8 Å². The van der Waals surface area contributed by atoms with Crippen molar-refractivity contribution in [2.24, 2.45) is 11.0 Å². The smallest absolute Gasteiger partial charge is 0.375 e. The van der Waals surface area contributed by atoms with Gasteiger partial charge in [-0.05, 0) is 17.9 Å². The minimum absolute atomic E-state index is 0.132. The van der Waals surface area contributed by atoms with Crippen molar-refractivity contribution < 1.29 is 42.1 Å². The molecule has 0 aromatic heterocycles. The molecule has 0 N–H and O–H groups in total. The number of rotatable bonds is 7. The zero-order chi connectivity index (χ0) is 21.6. The molecular weight excluding hydrogens is 384 g/mol. The summed E-state index contributed by atoms with van der Waals surface area (Å²) in [5.74, 6) is -7.86. The Labute approximate surface area is 160 Å². The van der Waals surface area contributed by atoms with E-state index in [1.807, 2.05) is 0 Å². The summed E-state index contributed by atoms with van der Waals surface area (Å²) in [6.45, 7) is 5.15. The topological polar surface area (TPSA) is 137 Å². The second-order valence-electron chi connectivity index (χ2n) is 6.31. The van der Waals surface area contributed by atoms with Crippen molar-refractivity contribution in [2.75, 3.05) is 7.11 Å². The Bertz CT molecular complexity index is 658. The van der Waals surface area contributed by atoms with Crippen molar-refractivity contribution in [1.29, 1.82) is 0 Å². The molecule has 7 atom stereocenters. The van der Waals surface area contributed by atoms with E-state index in [0.717, 1.165) is 21.0 Å². The van der Waals surface area contributed by atoms with Crippen molar-refractivity contribution in [3.63, 3.8) is 0 Å². The van der Waals surface area contributed by atoms with Gasteiger partial charge in [-0.15, -0.1) is 0 Å². The van der Waals surface area contributed by atoms with Gasteiger partial charge in [0.15, 0.2) is 12.3 Å². The lowest BCUT2D eigenvalue weighted by atomic mass is 9.82. The highest BCUT2D eigenvalue weighted by Crippen LogP contribution is 2.41. The van der Waals surface area contributed by atoms with Gasteiger partial charge in [-0.3, -0.25) is 9.59 Å². The zero-order valence-electron chi connectivity index (χ0n) is 16.1. The fourth-order valence-corrected chi connectivity index (χ4v) is 3.08. The SMILES string of the molecule is CC[C@@H](OC(C)=O)[C@@H](OC(C)=O)C1OC(F)(C(=O)OC)C(F)C(N=[N+]=[N-])C1C. The lowest BCUT2D eigenvalue weighted by molar-refractivity contribution is -0.285. The second-order valence-corrected chi connectivity index (χ2v) is 6.31. The Kier molecular flexibility index (Phi) is 8.13. The number of carbonyl (C=O) groups excluding carboxylic acids is 3. The largest absolute Gasteiger partial charge is 0.465 e. The monoisotopic (exact) mass is 407 g/mol. The van der Waals surface area contributed by atoms with Gasteiger partial charge in [0.2, 0.25) is 0 Å². The van der Waals surface area contributed by atoms with Crippen LogP contribution in [0.2, 0.25) is 0 Å². The Balaban J connectivity index is 3.46. The highest BCUT2D eigenvalue weighted by Gasteiger charge is 2.62. The van der Waals surface area contributed by atoms with Gasteiger partial charge in [0.05, 0.1) is 13.2 Å². The average Bonchev–Trinajstić information content (AvgIpc) is 2.63. The summed E-state index contributed by atoms with van der Waals surface area (Å²) in [6, 6.07) is -1.68. The standard InChI is InChI=1S/C16H23F2N3O7/c1-6-10(26-8(3)22)13(27-9(4)23)12-7(2)11(20-21-19)14(17)16(18,28-12)15(24)25-5/h7,10-14H,6H2,1-5H3/t7?,10-,11?,12?,13-,14?,16?/m1/s1. The molecule has 1 aliphatic rings. The number of methoxy groups -OCH3 is 1. The molecule has 1 heterocycles. The molecule has 5 unspecified atom stereocenters. The first-order chi connectivity index (χ1) is 13.0. The normalized spacial score (nSPS) is 31.7. The first kappa shape index (κ1) is 23.6. The molecule has 0 aromatic carbocycles. The van der Waals surface area contributed by atoms with E-state index in [-0.39, 0.29) is 6.42 Å². The summed E-state index contributed by atoms with van der Waals surface area (Å²) in [5.41, 5.74) is 8.72. The quantitative estimate of drug-likeness (QED) is 0.207. The number of hydrogen-bond acceptors (Lipinski definition) is 8. The Hall–Kier alpha value is -2.46. The van der Waals surface area contributed by atoms with Crippen LogP contribution in [-0.4, -0.2) is 61.4 Å². The highest BCUT2D eigenvalue weighted by atomic mass is 19.2. The number of carbonyl (C=O) groups is 3. The third-order valence-electron chi connectivity index (χ3n) is 4.38. The van der Waals surface area contributed by atoms with Gasteiger partial charge in [0.25, 0.3) is 0 Å². The van der Waals surface area contributed by atoms with Crippen LogP contribution in [-0.2, 0) is 33.3 Å². The number of alkyl halides is 2. The average molecular weight is 407 g/mol. The van der Waals surface area contributed by atoms with E-state index in [4.69, 9.17) is 19.7 Å². The van der Waals surface area contributed by atoms with Crippen LogP contribution in [0.4, 0.5) is 8.78 Å². The van der Waals surface area contributed by atoms with Crippen molar-refractivity contribution in [1.82, 2.24) is 0 Å². The minimum atomic E-state index is -3.61. The van der Waals surface area contributed by atoms with E-state index < -0.39 is 60.2 Å². The third kappa shape index (κ3) is 4.87. The first-order valence-electron chi connectivity index (χ1n) is 8.51. The van der Waals surface area contributed by atoms with Gasteiger partial charge in [-0.25, -0.2) is 9.18 Å². The molecule has 0 saturated carbocycles. The van der Waals surface area contributed by atoms with Crippen molar-refractivity contribution in [3.8, 4) is 0 Å². The molecule has 0 amide bonds. The van der Waals surface area contributed by atoms with Crippen molar-refractivity contribution >= 4 is 17.9 Å². The maximum atomic E-state index is 15.2. The van der Waals surface area contributed by atoms with Crippen LogP contribution < -0.4 is 0 Å². The van der Waals surface area contributed by atoms with Crippen LogP contribution in [0, 0.1) is 5.92 Å². The number of hydrogen-bond donors (Lipinski definition) is 0. The Morgan fingerprint density at radius 1 is 1.29 bits per heavy atom. The number of esters is 3. The summed E-state index contributed by atoms with van der Waals surface area (Å²) in [4.78, 5) is 37.3. The molecule has 1 saturated heterocycles. The zero-order valence-corrected chi connectivity index (χ0v) is 16.1. The van der Waals surface area contributed by atoms with Crippen LogP contribution in [0.15, 0.2) is 5.11 Å². The molecule has 1 fully saturated rings. The van der Waals surface area contributed by atoms with Crippen LogP contribution in [0.3, 0.4) is 0 Å². The van der Waals surface area contributed by atoms with Gasteiger partial charge in [-0.1, -0.05) is 19.0 Å². The molecule has 0 radical (unpaired) electrons. The van der Waals surface area contributed by atoms with Crippen LogP contribution in [0.1, 0.15) is 34.1 Å². The summed E-state index contributed by atoms with van der Waals surface area (Å²) >= 11 is 0. The van der Waals surface area contributed by atoms with E-state index in [1.165, 1.54) is 6.92 Å². The van der Waals surface area contributed by atoms with Gasteiger partial charge in [0, 0.05) is 18.8 Å². The number of halogens is 2. The molecule has 0 aliphatic carbocycles. The van der Waals surface area contributed by atoms with Crippen LogP contribution in [0.25, 0.3) is 10.4 Å². The van der Waals surface area contributed by atoms with Gasteiger partial charge >= 0.3 is 23.8 Å². The fraction of sp³-hybridized carbons (Fsp3) is 0.812. The Morgan fingerprint density at radius 3 is 2.29 bits per heavy atom. The molecule has 0 spiro atoms. The summed E-state index contributed by atoms with van der Waals surface area (Å²) < 4.78 is 49.5. The maximum absolute atomic E-state index is 15.2. The molecular formula is C16H23F2N3O7. The van der Waals surface area contributed by atoms with Crippen LogP contribution in [0.5, 0.6) is 0 Å². The Morgan fingerprint density at radius 2 is 1.86 bits per heavy atom. The van der Waals surface area contributed by atoms with E-state index in [0.29, 0.717) is 0 Å².